The Labute approximate surface area is 180 Å². The number of anilines is 2. The van der Waals surface area contributed by atoms with Crippen molar-refractivity contribution in [2.75, 3.05) is 11.4 Å². The van der Waals surface area contributed by atoms with Crippen molar-refractivity contribution < 1.29 is 18.4 Å². The molecule has 2 aromatic heterocycles. The molecule has 0 aliphatic heterocycles. The molecule has 0 fully saturated rings. The molecule has 0 saturated heterocycles. The third kappa shape index (κ3) is 5.91. The molecule has 0 unspecified atom stereocenters. The van der Waals surface area contributed by atoms with E-state index in [-0.39, 0.29) is 17.9 Å². The number of carbonyl (C=O) groups excluding carboxylic acids is 2. The van der Waals surface area contributed by atoms with E-state index in [1.54, 1.807) is 20.8 Å². The van der Waals surface area contributed by atoms with Crippen molar-refractivity contribution in [2.45, 2.75) is 26.3 Å². The lowest BCUT2D eigenvalue weighted by Gasteiger charge is -2.34. The van der Waals surface area contributed by atoms with Gasteiger partial charge in [0.15, 0.2) is 11.7 Å². The van der Waals surface area contributed by atoms with E-state index >= 15 is 0 Å². The molecule has 2 heterocycles. The highest BCUT2D eigenvalue weighted by Crippen LogP contribution is 2.28. The van der Waals surface area contributed by atoms with Crippen LogP contribution in [0.25, 0.3) is 6.08 Å². The molecule has 0 saturated carbocycles. The number of nitrogens with zero attached hydrogens (tertiary/aromatic N) is 4. The van der Waals surface area contributed by atoms with Gasteiger partial charge >= 0.3 is 0 Å². The highest BCUT2D eigenvalue weighted by Gasteiger charge is 2.28. The van der Waals surface area contributed by atoms with Crippen molar-refractivity contribution in [1.29, 1.82) is 0 Å². The molecule has 0 aliphatic carbocycles. The average Bonchev–Trinajstić information content (AvgIpc) is 2.71. The zero-order chi connectivity index (χ0) is 23.2. The van der Waals surface area contributed by atoms with Crippen LogP contribution in [0.4, 0.5) is 20.2 Å². The first-order valence-electron chi connectivity index (χ1n) is 9.41. The summed E-state index contributed by atoms with van der Waals surface area (Å²) < 4.78 is 28.4. The van der Waals surface area contributed by atoms with Crippen molar-refractivity contribution >= 4 is 29.3 Å². The fourth-order valence-corrected chi connectivity index (χ4v) is 2.76. The van der Waals surface area contributed by atoms with E-state index < -0.39 is 29.0 Å². The molecule has 0 spiro atoms. The van der Waals surface area contributed by atoms with Gasteiger partial charge in [-0.25, -0.2) is 8.78 Å². The molecule has 162 valence electrons. The molecule has 0 aliphatic rings. The predicted molar refractivity (Wildman–Crippen MR) is 117 cm³/mol. The Kier molecular flexibility index (Phi) is 7.52. The molecule has 2 aromatic rings. The summed E-state index contributed by atoms with van der Waals surface area (Å²) in [7, 11) is 0. The number of aromatic nitrogens is 2. The van der Waals surface area contributed by atoms with Crippen LogP contribution in [-0.2, 0) is 9.59 Å². The van der Waals surface area contributed by atoms with Crippen LogP contribution >= 0.6 is 0 Å². The summed E-state index contributed by atoms with van der Waals surface area (Å²) in [6, 6.07) is 5.84. The second-order valence-corrected chi connectivity index (χ2v) is 7.56. The second kappa shape index (κ2) is 9.88. The maximum atomic E-state index is 14.8. The average molecular weight is 426 g/mol. The molecule has 0 N–H and O–H groups in total. The number of hydrogen-bond acceptors (Lipinski definition) is 4. The Bertz CT molecular complexity index is 1010. The monoisotopic (exact) mass is 426 g/mol. The van der Waals surface area contributed by atoms with Gasteiger partial charge in [0.1, 0.15) is 0 Å². The number of halogens is 2. The summed E-state index contributed by atoms with van der Waals surface area (Å²) in [6.45, 7) is 12.2. The zero-order valence-corrected chi connectivity index (χ0v) is 17.7. The van der Waals surface area contributed by atoms with Gasteiger partial charge < -0.3 is 4.90 Å². The number of amides is 2. The minimum Gasteiger partial charge on any atom is -0.328 e. The van der Waals surface area contributed by atoms with E-state index in [4.69, 9.17) is 0 Å². The molecular formula is C23H24F2N4O2. The van der Waals surface area contributed by atoms with Gasteiger partial charge in [0, 0.05) is 36.8 Å². The van der Waals surface area contributed by atoms with Crippen molar-refractivity contribution in [3.63, 3.8) is 0 Å². The first-order chi connectivity index (χ1) is 14.6. The summed E-state index contributed by atoms with van der Waals surface area (Å²) in [5.41, 5.74) is 0.00129. The normalized spacial score (nSPS) is 11.6. The third-order valence-electron chi connectivity index (χ3n) is 4.22. The van der Waals surface area contributed by atoms with Crippen LogP contribution in [0.1, 0.15) is 26.5 Å². The van der Waals surface area contributed by atoms with E-state index in [0.717, 1.165) is 11.0 Å². The number of rotatable bonds is 7. The smallest absolute Gasteiger partial charge is 0.290 e. The van der Waals surface area contributed by atoms with Crippen LogP contribution in [0, 0.1) is 0 Å². The Balaban J connectivity index is 2.45. The summed E-state index contributed by atoms with van der Waals surface area (Å²) in [4.78, 5) is 35.3. The van der Waals surface area contributed by atoms with Gasteiger partial charge in [-0.05, 0) is 45.0 Å². The highest BCUT2D eigenvalue weighted by molar-refractivity contribution is 6.09. The van der Waals surface area contributed by atoms with Gasteiger partial charge in [-0.2, -0.15) is 0 Å². The summed E-state index contributed by atoms with van der Waals surface area (Å²) >= 11 is 0. The minimum atomic E-state index is -1.17. The summed E-state index contributed by atoms with van der Waals surface area (Å²) in [5, 5.41) is 0. The van der Waals surface area contributed by atoms with Gasteiger partial charge in [0.05, 0.1) is 17.1 Å². The number of hydrogen-bond donors (Lipinski definition) is 0. The first kappa shape index (κ1) is 23.6. The minimum absolute atomic E-state index is 0.0761. The summed E-state index contributed by atoms with van der Waals surface area (Å²) in [6.07, 6.45) is 6.69. The van der Waals surface area contributed by atoms with Crippen molar-refractivity contribution in [1.82, 2.24) is 14.9 Å². The molecule has 2 amide bonds. The van der Waals surface area contributed by atoms with Gasteiger partial charge in [-0.3, -0.25) is 24.5 Å². The largest absolute Gasteiger partial charge is 0.328 e. The molecule has 31 heavy (non-hydrogen) atoms. The van der Waals surface area contributed by atoms with Crippen molar-refractivity contribution in [3.8, 4) is 0 Å². The molecule has 2 rings (SSSR count). The van der Waals surface area contributed by atoms with Crippen LogP contribution < -0.4 is 4.90 Å². The SMILES string of the molecule is C=CCN(C(=O)/C(F)=C/c1cc(N(C(=O)C(=C)F)c2ccncc2)ccn1)C(C)(C)C. The molecule has 0 bridgehead atoms. The van der Waals surface area contributed by atoms with E-state index in [1.165, 1.54) is 53.8 Å². The van der Waals surface area contributed by atoms with Gasteiger partial charge in [0.2, 0.25) is 0 Å². The van der Waals surface area contributed by atoms with Crippen LogP contribution in [0.15, 0.2) is 73.7 Å². The maximum absolute atomic E-state index is 14.8. The lowest BCUT2D eigenvalue weighted by atomic mass is 10.1. The van der Waals surface area contributed by atoms with Crippen LogP contribution in [0.3, 0.4) is 0 Å². The number of carbonyl (C=O) groups is 2. The Morgan fingerprint density at radius 3 is 2.23 bits per heavy atom. The third-order valence-corrected chi connectivity index (χ3v) is 4.22. The second-order valence-electron chi connectivity index (χ2n) is 7.56. The van der Waals surface area contributed by atoms with Gasteiger partial charge in [-0.1, -0.05) is 12.7 Å². The topological polar surface area (TPSA) is 66.4 Å². The lowest BCUT2D eigenvalue weighted by Crippen LogP contribution is -2.45. The molecule has 0 atom stereocenters. The van der Waals surface area contributed by atoms with Crippen molar-refractivity contribution in [2.24, 2.45) is 0 Å². The Morgan fingerprint density at radius 2 is 1.68 bits per heavy atom. The Morgan fingerprint density at radius 1 is 1.06 bits per heavy atom. The lowest BCUT2D eigenvalue weighted by molar-refractivity contribution is -0.132. The van der Waals surface area contributed by atoms with Crippen LogP contribution in [-0.4, -0.2) is 38.8 Å². The van der Waals surface area contributed by atoms with Crippen molar-refractivity contribution in [3.05, 3.63) is 79.4 Å². The van der Waals surface area contributed by atoms with Crippen LogP contribution in [0.2, 0.25) is 0 Å². The molecule has 0 aromatic carbocycles. The molecule has 8 heteroatoms. The van der Waals surface area contributed by atoms with Crippen LogP contribution in [0.5, 0.6) is 0 Å². The van der Waals surface area contributed by atoms with Gasteiger partial charge in [0.25, 0.3) is 11.8 Å². The molecular weight excluding hydrogens is 402 g/mol. The predicted octanol–water partition coefficient (Wildman–Crippen LogP) is 4.75. The highest BCUT2D eigenvalue weighted by atomic mass is 19.1. The van der Waals surface area contributed by atoms with E-state index in [1.807, 2.05) is 0 Å². The first-order valence-corrected chi connectivity index (χ1v) is 9.41. The van der Waals surface area contributed by atoms with E-state index in [0.29, 0.717) is 5.69 Å². The summed E-state index contributed by atoms with van der Waals surface area (Å²) in [5.74, 6) is -4.01. The van der Waals surface area contributed by atoms with Gasteiger partial charge in [-0.15, -0.1) is 6.58 Å². The molecule has 6 nitrogen and oxygen atoms in total. The fraction of sp³-hybridized carbons (Fsp3) is 0.217. The standard InChI is InChI=1S/C23H24F2N4O2/c1-6-13-28(23(3,4)5)22(31)20(25)15-17-14-19(9-12-27-17)29(21(30)16(2)24)18-7-10-26-11-8-18/h6-12,14-15H,1-2,13H2,3-5H3/b20-15-. The maximum Gasteiger partial charge on any atom is 0.290 e. The Hall–Kier alpha value is -3.68. The molecule has 0 radical (unpaired) electrons. The fourth-order valence-electron chi connectivity index (χ4n) is 2.76. The zero-order valence-electron chi connectivity index (χ0n) is 17.7. The number of pyridine rings is 2. The van der Waals surface area contributed by atoms with E-state index in [9.17, 15) is 18.4 Å². The quantitative estimate of drug-likeness (QED) is 0.473. The van der Waals surface area contributed by atoms with E-state index in [2.05, 4.69) is 23.1 Å².